The maximum atomic E-state index is 9.93. The van der Waals surface area contributed by atoms with E-state index in [1.807, 2.05) is 45.0 Å². The van der Waals surface area contributed by atoms with Crippen LogP contribution in [0.5, 0.6) is 5.75 Å². The summed E-state index contributed by atoms with van der Waals surface area (Å²) in [5.41, 5.74) is 0. The summed E-state index contributed by atoms with van der Waals surface area (Å²) in [5.74, 6) is 1.46. The maximum absolute atomic E-state index is 9.93. The lowest BCUT2D eigenvalue weighted by Crippen LogP contribution is -2.41. The van der Waals surface area contributed by atoms with Gasteiger partial charge in [-0.1, -0.05) is 0 Å². The molecule has 0 saturated heterocycles. The first kappa shape index (κ1) is 21.7. The van der Waals surface area contributed by atoms with Gasteiger partial charge in [0.2, 0.25) is 0 Å². The molecule has 22 heavy (non-hydrogen) atoms. The number of nitrogens with one attached hydrogen (secondary N) is 2. The Hall–Kier alpha value is -0.290. The highest BCUT2D eigenvalue weighted by Gasteiger charge is 2.06. The minimum absolute atomic E-state index is 0. The SMILES string of the molecule is CCNC(=NCC(O)COc1ccc(I)cc1)NC(C)C.I. The second kappa shape index (κ2) is 12.2. The molecule has 0 radical (unpaired) electrons. The Bertz CT molecular complexity index is 439. The van der Waals surface area contributed by atoms with Gasteiger partial charge in [-0.2, -0.15) is 0 Å². The molecule has 0 heterocycles. The first-order valence-electron chi connectivity index (χ1n) is 7.12. The van der Waals surface area contributed by atoms with Crippen LogP contribution in [0, 0.1) is 3.57 Å². The Morgan fingerprint density at radius 2 is 1.95 bits per heavy atom. The monoisotopic (exact) mass is 533 g/mol. The van der Waals surface area contributed by atoms with Crippen molar-refractivity contribution in [2.24, 2.45) is 4.99 Å². The molecular formula is C15H25I2N3O2. The third-order valence-corrected chi connectivity index (χ3v) is 3.20. The van der Waals surface area contributed by atoms with Crippen molar-refractivity contribution < 1.29 is 9.84 Å². The number of aliphatic hydroxyl groups excluding tert-OH is 1. The summed E-state index contributed by atoms with van der Waals surface area (Å²) in [6.07, 6.45) is -0.633. The molecule has 0 saturated carbocycles. The van der Waals surface area contributed by atoms with E-state index in [1.54, 1.807) is 0 Å². The number of aliphatic imine (C=N–C) groups is 1. The molecule has 1 atom stereocenters. The van der Waals surface area contributed by atoms with Crippen molar-refractivity contribution in [1.82, 2.24) is 10.6 Å². The zero-order chi connectivity index (χ0) is 15.7. The van der Waals surface area contributed by atoms with Gasteiger partial charge >= 0.3 is 0 Å². The van der Waals surface area contributed by atoms with Gasteiger partial charge in [-0.05, 0) is 67.6 Å². The molecule has 1 aromatic carbocycles. The van der Waals surface area contributed by atoms with E-state index in [4.69, 9.17) is 4.74 Å². The quantitative estimate of drug-likeness (QED) is 0.287. The van der Waals surface area contributed by atoms with E-state index in [1.165, 1.54) is 0 Å². The standard InChI is InChI=1S/C15H24IN3O2.HI/c1-4-17-15(19-11(2)3)18-9-13(20)10-21-14-7-5-12(16)6-8-14;/h5-8,11,13,20H,4,9-10H2,1-3H3,(H2,17,18,19);1H. The van der Waals surface area contributed by atoms with Crippen molar-refractivity contribution in [3.05, 3.63) is 27.8 Å². The first-order valence-corrected chi connectivity index (χ1v) is 8.20. The van der Waals surface area contributed by atoms with Gasteiger partial charge in [-0.15, -0.1) is 24.0 Å². The number of rotatable bonds is 7. The van der Waals surface area contributed by atoms with E-state index in [0.717, 1.165) is 15.9 Å². The fourth-order valence-electron chi connectivity index (χ4n) is 1.57. The van der Waals surface area contributed by atoms with E-state index in [0.29, 0.717) is 18.5 Å². The number of ether oxygens (including phenoxy) is 1. The summed E-state index contributed by atoms with van der Waals surface area (Å²) in [7, 11) is 0. The average Bonchev–Trinajstić information content (AvgIpc) is 2.44. The molecule has 0 fully saturated rings. The van der Waals surface area contributed by atoms with E-state index < -0.39 is 6.10 Å². The van der Waals surface area contributed by atoms with Crippen LogP contribution in [0.2, 0.25) is 0 Å². The molecule has 0 aromatic heterocycles. The van der Waals surface area contributed by atoms with Gasteiger partial charge in [0, 0.05) is 16.2 Å². The Morgan fingerprint density at radius 3 is 2.50 bits per heavy atom. The van der Waals surface area contributed by atoms with Gasteiger partial charge < -0.3 is 20.5 Å². The lowest BCUT2D eigenvalue weighted by atomic mass is 10.3. The van der Waals surface area contributed by atoms with Crippen LogP contribution in [0.1, 0.15) is 20.8 Å². The van der Waals surface area contributed by atoms with Crippen LogP contribution in [-0.2, 0) is 0 Å². The highest BCUT2D eigenvalue weighted by molar-refractivity contribution is 14.1. The smallest absolute Gasteiger partial charge is 0.191 e. The lowest BCUT2D eigenvalue weighted by molar-refractivity contribution is 0.114. The minimum atomic E-state index is -0.633. The summed E-state index contributed by atoms with van der Waals surface area (Å²) in [6, 6.07) is 8.01. The van der Waals surface area contributed by atoms with Gasteiger partial charge in [-0.3, -0.25) is 4.99 Å². The van der Waals surface area contributed by atoms with Crippen LogP contribution in [0.4, 0.5) is 0 Å². The molecule has 0 aliphatic carbocycles. The number of halogens is 2. The summed E-state index contributed by atoms with van der Waals surface area (Å²) < 4.78 is 6.69. The summed E-state index contributed by atoms with van der Waals surface area (Å²) in [5, 5.41) is 16.3. The molecule has 126 valence electrons. The fraction of sp³-hybridized carbons (Fsp3) is 0.533. The van der Waals surface area contributed by atoms with E-state index in [-0.39, 0.29) is 30.6 Å². The van der Waals surface area contributed by atoms with Crippen LogP contribution >= 0.6 is 46.6 Å². The summed E-state index contributed by atoms with van der Waals surface area (Å²) >= 11 is 2.24. The minimum Gasteiger partial charge on any atom is -0.491 e. The summed E-state index contributed by atoms with van der Waals surface area (Å²) in [6.45, 7) is 7.41. The Morgan fingerprint density at radius 1 is 1.32 bits per heavy atom. The number of hydrogen-bond acceptors (Lipinski definition) is 3. The number of benzene rings is 1. The predicted octanol–water partition coefficient (Wildman–Crippen LogP) is 2.61. The van der Waals surface area contributed by atoms with E-state index >= 15 is 0 Å². The molecule has 0 spiro atoms. The van der Waals surface area contributed by atoms with Crippen molar-refractivity contribution in [2.45, 2.75) is 32.9 Å². The number of nitrogens with zero attached hydrogens (tertiary/aromatic N) is 1. The van der Waals surface area contributed by atoms with Gasteiger partial charge in [0.15, 0.2) is 5.96 Å². The molecule has 0 aliphatic heterocycles. The van der Waals surface area contributed by atoms with Crippen LogP contribution in [-0.4, -0.2) is 42.9 Å². The fourth-order valence-corrected chi connectivity index (χ4v) is 1.93. The van der Waals surface area contributed by atoms with Crippen molar-refractivity contribution in [1.29, 1.82) is 0 Å². The second-order valence-corrected chi connectivity index (χ2v) is 6.18. The molecule has 1 unspecified atom stereocenters. The molecule has 0 amide bonds. The number of hydrogen-bond donors (Lipinski definition) is 3. The van der Waals surface area contributed by atoms with Gasteiger partial charge in [0.1, 0.15) is 18.5 Å². The second-order valence-electron chi connectivity index (χ2n) is 4.94. The van der Waals surface area contributed by atoms with Crippen molar-refractivity contribution in [2.75, 3.05) is 19.7 Å². The normalized spacial score (nSPS) is 12.5. The molecule has 0 bridgehead atoms. The maximum Gasteiger partial charge on any atom is 0.191 e. The molecular weight excluding hydrogens is 508 g/mol. The number of guanidine groups is 1. The summed E-state index contributed by atoms with van der Waals surface area (Å²) in [4.78, 5) is 4.34. The number of aliphatic hydroxyl groups is 1. The third kappa shape index (κ3) is 9.67. The predicted molar refractivity (Wildman–Crippen MR) is 110 cm³/mol. The Balaban J connectivity index is 0.00000441. The Labute approximate surface area is 163 Å². The molecule has 5 nitrogen and oxygen atoms in total. The highest BCUT2D eigenvalue weighted by Crippen LogP contribution is 2.13. The molecule has 7 heteroatoms. The zero-order valence-corrected chi connectivity index (χ0v) is 17.7. The van der Waals surface area contributed by atoms with Crippen molar-refractivity contribution >= 4 is 52.5 Å². The third-order valence-electron chi connectivity index (χ3n) is 2.49. The van der Waals surface area contributed by atoms with E-state index in [9.17, 15) is 5.11 Å². The van der Waals surface area contributed by atoms with E-state index in [2.05, 4.69) is 38.2 Å². The average molecular weight is 533 g/mol. The van der Waals surface area contributed by atoms with Gasteiger partial charge in [-0.25, -0.2) is 0 Å². The molecule has 1 rings (SSSR count). The highest BCUT2D eigenvalue weighted by atomic mass is 127. The van der Waals surface area contributed by atoms with Crippen LogP contribution in [0.25, 0.3) is 0 Å². The van der Waals surface area contributed by atoms with Crippen LogP contribution < -0.4 is 15.4 Å². The molecule has 3 N–H and O–H groups in total. The van der Waals surface area contributed by atoms with Crippen LogP contribution in [0.15, 0.2) is 29.3 Å². The van der Waals surface area contributed by atoms with Gasteiger partial charge in [0.05, 0.1) is 6.54 Å². The van der Waals surface area contributed by atoms with Crippen molar-refractivity contribution in [3.63, 3.8) is 0 Å². The van der Waals surface area contributed by atoms with Crippen LogP contribution in [0.3, 0.4) is 0 Å². The largest absolute Gasteiger partial charge is 0.491 e. The molecule has 1 aromatic rings. The van der Waals surface area contributed by atoms with Gasteiger partial charge in [0.25, 0.3) is 0 Å². The zero-order valence-electron chi connectivity index (χ0n) is 13.2. The topological polar surface area (TPSA) is 65.9 Å². The lowest BCUT2D eigenvalue weighted by Gasteiger charge is -2.15. The van der Waals surface area contributed by atoms with Crippen molar-refractivity contribution in [3.8, 4) is 5.75 Å². The molecule has 0 aliphatic rings. The Kier molecular flexibility index (Phi) is 12.0. The first-order chi connectivity index (χ1) is 10.0.